The highest BCUT2D eigenvalue weighted by atomic mass is 35.7. The van der Waals surface area contributed by atoms with Crippen LogP contribution in [0.15, 0.2) is 23.1 Å². The maximum absolute atomic E-state index is 11.2. The Hall–Kier alpha value is -1.28. The number of halogens is 4. The first kappa shape index (κ1) is 17.8. The number of fused-ring (bicyclic) bond motifs is 1. The van der Waals surface area contributed by atoms with Crippen LogP contribution in [0.1, 0.15) is 12.0 Å². The molecule has 1 aliphatic rings. The Bertz CT molecular complexity index is 617. The van der Waals surface area contributed by atoms with Crippen LogP contribution in [-0.4, -0.2) is 34.5 Å². The van der Waals surface area contributed by atoms with Gasteiger partial charge in [-0.2, -0.15) is 13.2 Å². The van der Waals surface area contributed by atoms with Gasteiger partial charge < -0.3 is 4.90 Å². The van der Waals surface area contributed by atoms with Gasteiger partial charge in [0.25, 0.3) is 9.05 Å². The van der Waals surface area contributed by atoms with Gasteiger partial charge in [-0.1, -0.05) is 0 Å². The summed E-state index contributed by atoms with van der Waals surface area (Å²) in [5.41, 5.74) is 2.16. The zero-order valence-electron chi connectivity index (χ0n) is 11.0. The van der Waals surface area contributed by atoms with Crippen molar-refractivity contribution in [2.45, 2.75) is 23.9 Å². The number of carbonyl (C=O) groups excluding carboxylic acids is 1. The molecule has 9 heteroatoms. The summed E-state index contributed by atoms with van der Waals surface area (Å²) in [6.45, 7) is 1.01. The molecule has 1 aromatic carbocycles. The molecule has 0 fully saturated rings. The van der Waals surface area contributed by atoms with E-state index >= 15 is 0 Å². The summed E-state index contributed by atoms with van der Waals surface area (Å²) in [5.74, 6) is 0. The fourth-order valence-corrected chi connectivity index (χ4v) is 2.71. The largest absolute Gasteiger partial charge is 0.446 e. The van der Waals surface area contributed by atoms with Crippen molar-refractivity contribution in [2.75, 3.05) is 18.5 Å². The lowest BCUT2D eigenvalue weighted by molar-refractivity contribution is -0.156. The Balaban J connectivity index is 0.000000315. The number of hydrogen-bond acceptors (Lipinski definition) is 4. The summed E-state index contributed by atoms with van der Waals surface area (Å²) < 4.78 is 53.6. The van der Waals surface area contributed by atoms with Crippen molar-refractivity contribution < 1.29 is 26.4 Å². The van der Waals surface area contributed by atoms with Gasteiger partial charge in [0.1, 0.15) is 0 Å². The zero-order chi connectivity index (χ0) is 16.3. The molecular formula is C12H13ClF3NO3S. The number of rotatable bonds is 1. The maximum Gasteiger partial charge on any atom is 0.446 e. The quantitative estimate of drug-likeness (QED) is 0.581. The molecule has 0 aliphatic carbocycles. The SMILES string of the molecule is CN1CCCc2cc(S(=O)(=O)Cl)ccc21.O=CC(F)(F)F. The number of aldehydes is 1. The molecule has 0 atom stereocenters. The molecular weight excluding hydrogens is 331 g/mol. The number of anilines is 1. The fourth-order valence-electron chi connectivity index (χ4n) is 1.91. The third kappa shape index (κ3) is 5.55. The minimum absolute atomic E-state index is 0.193. The second kappa shape index (κ2) is 6.65. The number of benzene rings is 1. The lowest BCUT2D eigenvalue weighted by Crippen LogP contribution is -2.24. The molecule has 0 N–H and O–H groups in total. The first-order chi connectivity index (χ1) is 9.54. The Labute approximate surface area is 124 Å². The van der Waals surface area contributed by atoms with Crippen molar-refractivity contribution >= 4 is 31.7 Å². The highest BCUT2D eigenvalue weighted by Crippen LogP contribution is 2.29. The van der Waals surface area contributed by atoms with Crippen molar-refractivity contribution in [3.05, 3.63) is 23.8 Å². The maximum atomic E-state index is 11.2. The molecule has 1 heterocycles. The first-order valence-electron chi connectivity index (χ1n) is 5.86. The van der Waals surface area contributed by atoms with Gasteiger partial charge in [0.15, 0.2) is 0 Å². The normalized spacial score (nSPS) is 14.8. The highest BCUT2D eigenvalue weighted by molar-refractivity contribution is 8.13. The van der Waals surface area contributed by atoms with Crippen LogP contribution in [-0.2, 0) is 20.3 Å². The lowest BCUT2D eigenvalue weighted by Gasteiger charge is -2.27. The van der Waals surface area contributed by atoms with Gasteiger partial charge in [-0.05, 0) is 36.6 Å². The Morgan fingerprint density at radius 2 is 1.90 bits per heavy atom. The summed E-state index contributed by atoms with van der Waals surface area (Å²) in [6, 6.07) is 5.06. The molecule has 21 heavy (non-hydrogen) atoms. The minimum Gasteiger partial charge on any atom is -0.374 e. The number of alkyl halides is 3. The van der Waals surface area contributed by atoms with Gasteiger partial charge in [0.05, 0.1) is 4.90 Å². The van der Waals surface area contributed by atoms with E-state index in [9.17, 15) is 21.6 Å². The van der Waals surface area contributed by atoms with Gasteiger partial charge >= 0.3 is 6.18 Å². The van der Waals surface area contributed by atoms with E-state index in [2.05, 4.69) is 4.90 Å². The van der Waals surface area contributed by atoms with Crippen molar-refractivity contribution in [1.82, 2.24) is 0 Å². The first-order valence-corrected chi connectivity index (χ1v) is 8.17. The predicted molar refractivity (Wildman–Crippen MR) is 73.2 cm³/mol. The van der Waals surface area contributed by atoms with Crippen LogP contribution in [0.25, 0.3) is 0 Å². The third-order valence-electron chi connectivity index (χ3n) is 2.82. The standard InChI is InChI=1S/C10H12ClNO2S.C2HF3O/c1-12-6-2-3-8-7-9(15(11,13)14)4-5-10(8)12;3-2(4,5)1-6/h4-5,7H,2-3,6H2,1H3;1H. The molecule has 0 aromatic heterocycles. The molecule has 1 aromatic rings. The van der Waals surface area contributed by atoms with Crippen LogP contribution in [0.4, 0.5) is 18.9 Å². The van der Waals surface area contributed by atoms with Crippen molar-refractivity contribution in [2.24, 2.45) is 0 Å². The van der Waals surface area contributed by atoms with E-state index in [1.807, 2.05) is 13.1 Å². The average molecular weight is 344 g/mol. The van der Waals surface area contributed by atoms with Crippen LogP contribution in [0.3, 0.4) is 0 Å². The van der Waals surface area contributed by atoms with Crippen LogP contribution < -0.4 is 4.90 Å². The smallest absolute Gasteiger partial charge is 0.374 e. The van der Waals surface area contributed by atoms with E-state index < -0.39 is 21.5 Å². The zero-order valence-corrected chi connectivity index (χ0v) is 12.6. The highest BCUT2D eigenvalue weighted by Gasteiger charge is 2.24. The van der Waals surface area contributed by atoms with E-state index in [0.717, 1.165) is 30.6 Å². The van der Waals surface area contributed by atoms with E-state index in [-0.39, 0.29) is 4.90 Å². The summed E-state index contributed by atoms with van der Waals surface area (Å²) >= 11 is 0. The second-order valence-corrected chi connectivity index (χ2v) is 6.98. The number of aryl methyl sites for hydroxylation is 1. The molecule has 0 bridgehead atoms. The molecule has 0 spiro atoms. The summed E-state index contributed by atoms with van der Waals surface area (Å²) in [4.78, 5) is 11.0. The van der Waals surface area contributed by atoms with Crippen molar-refractivity contribution in [3.63, 3.8) is 0 Å². The predicted octanol–water partition coefficient (Wildman–Crippen LogP) is 2.74. The summed E-state index contributed by atoms with van der Waals surface area (Å²) in [5, 5.41) is 0. The average Bonchev–Trinajstić information content (AvgIpc) is 2.37. The minimum atomic E-state index is -4.64. The molecule has 0 radical (unpaired) electrons. The third-order valence-corrected chi connectivity index (χ3v) is 4.17. The Morgan fingerprint density at radius 1 is 1.33 bits per heavy atom. The number of carbonyl (C=O) groups is 1. The Morgan fingerprint density at radius 3 is 2.38 bits per heavy atom. The molecule has 0 unspecified atom stereocenters. The molecule has 118 valence electrons. The lowest BCUT2D eigenvalue weighted by atomic mass is 10.0. The van der Waals surface area contributed by atoms with E-state index in [0.29, 0.717) is 0 Å². The van der Waals surface area contributed by atoms with Crippen LogP contribution in [0.5, 0.6) is 0 Å². The molecule has 0 amide bonds. The van der Waals surface area contributed by atoms with E-state index in [1.54, 1.807) is 12.1 Å². The van der Waals surface area contributed by atoms with Gasteiger partial charge in [-0.25, -0.2) is 8.42 Å². The van der Waals surface area contributed by atoms with Gasteiger partial charge in [-0.3, -0.25) is 4.79 Å². The molecule has 0 saturated heterocycles. The topological polar surface area (TPSA) is 54.5 Å². The summed E-state index contributed by atoms with van der Waals surface area (Å²) in [7, 11) is 3.70. The molecule has 0 saturated carbocycles. The Kier molecular flexibility index (Phi) is 5.63. The fraction of sp³-hybridized carbons (Fsp3) is 0.417. The molecule has 1 aliphatic heterocycles. The van der Waals surface area contributed by atoms with E-state index in [4.69, 9.17) is 15.5 Å². The van der Waals surface area contributed by atoms with Gasteiger partial charge in [0, 0.05) is 30.0 Å². The number of nitrogens with zero attached hydrogens (tertiary/aromatic N) is 1. The van der Waals surface area contributed by atoms with Gasteiger partial charge in [-0.15, -0.1) is 0 Å². The van der Waals surface area contributed by atoms with Crippen LogP contribution in [0, 0.1) is 0 Å². The monoisotopic (exact) mass is 343 g/mol. The van der Waals surface area contributed by atoms with Crippen LogP contribution >= 0.6 is 10.7 Å². The molecule has 4 nitrogen and oxygen atoms in total. The van der Waals surface area contributed by atoms with E-state index in [1.165, 1.54) is 0 Å². The van der Waals surface area contributed by atoms with Crippen molar-refractivity contribution in [3.8, 4) is 0 Å². The second-order valence-electron chi connectivity index (χ2n) is 4.41. The van der Waals surface area contributed by atoms with Crippen molar-refractivity contribution in [1.29, 1.82) is 0 Å². The summed E-state index contributed by atoms with van der Waals surface area (Å²) in [6.07, 6.45) is -3.73. The number of hydrogen-bond donors (Lipinski definition) is 0. The molecule has 2 rings (SSSR count). The van der Waals surface area contributed by atoms with Gasteiger partial charge in [0.2, 0.25) is 6.29 Å². The van der Waals surface area contributed by atoms with Crippen LogP contribution in [0.2, 0.25) is 0 Å².